The molecule has 102 valence electrons. The highest BCUT2D eigenvalue weighted by atomic mass is 32.2. The van der Waals surface area contributed by atoms with Gasteiger partial charge in [-0.05, 0) is 20.8 Å². The van der Waals surface area contributed by atoms with Gasteiger partial charge in [0.2, 0.25) is 0 Å². The van der Waals surface area contributed by atoms with Crippen LogP contribution in [0.25, 0.3) is 0 Å². The summed E-state index contributed by atoms with van der Waals surface area (Å²) in [6.45, 7) is 11.6. The predicted octanol–water partition coefficient (Wildman–Crippen LogP) is 2.40. The van der Waals surface area contributed by atoms with E-state index in [9.17, 15) is 9.90 Å². The summed E-state index contributed by atoms with van der Waals surface area (Å²) in [6, 6.07) is -0.269. The summed E-state index contributed by atoms with van der Waals surface area (Å²) in [4.78, 5) is 11.5. The van der Waals surface area contributed by atoms with Crippen molar-refractivity contribution in [1.82, 2.24) is 5.32 Å². The van der Waals surface area contributed by atoms with Gasteiger partial charge >= 0.3 is 6.09 Å². The lowest BCUT2D eigenvalue weighted by Gasteiger charge is -2.25. The number of hydrogen-bond acceptors (Lipinski definition) is 4. The standard InChI is InChI=1S/C12H25NO3S/c1-11(2,3)16-10(15)13-9(7-14)8-17-12(4,5)6/h9,14H,7-8H2,1-6H3,(H,13,15)/t9-/m0/s1. The maximum atomic E-state index is 11.5. The fourth-order valence-corrected chi connectivity index (χ4v) is 1.85. The minimum Gasteiger partial charge on any atom is -0.444 e. The highest BCUT2D eigenvalue weighted by Crippen LogP contribution is 2.23. The molecule has 17 heavy (non-hydrogen) atoms. The van der Waals surface area contributed by atoms with Crippen LogP contribution in [-0.2, 0) is 4.74 Å². The van der Waals surface area contributed by atoms with Gasteiger partial charge < -0.3 is 15.2 Å². The molecule has 0 aliphatic heterocycles. The molecule has 0 bridgehead atoms. The van der Waals surface area contributed by atoms with Crippen LogP contribution < -0.4 is 5.32 Å². The Hall–Kier alpha value is -0.420. The Morgan fingerprint density at radius 2 is 1.82 bits per heavy atom. The van der Waals surface area contributed by atoms with Crippen molar-refractivity contribution in [3.63, 3.8) is 0 Å². The van der Waals surface area contributed by atoms with Crippen molar-refractivity contribution < 1.29 is 14.6 Å². The molecule has 0 aliphatic carbocycles. The topological polar surface area (TPSA) is 58.6 Å². The summed E-state index contributed by atoms with van der Waals surface area (Å²) in [5.74, 6) is 0.666. The van der Waals surface area contributed by atoms with E-state index in [-0.39, 0.29) is 17.4 Å². The Balaban J connectivity index is 4.09. The second kappa shape index (κ2) is 6.50. The van der Waals surface area contributed by atoms with E-state index in [2.05, 4.69) is 26.1 Å². The molecule has 0 aromatic heterocycles. The van der Waals surface area contributed by atoms with Crippen LogP contribution in [0, 0.1) is 0 Å². The third-order valence-corrected chi connectivity index (χ3v) is 3.09. The fraction of sp³-hybridized carbons (Fsp3) is 0.917. The van der Waals surface area contributed by atoms with Crippen molar-refractivity contribution >= 4 is 17.9 Å². The summed E-state index contributed by atoms with van der Waals surface area (Å²) in [5, 5.41) is 11.9. The summed E-state index contributed by atoms with van der Waals surface area (Å²) < 4.78 is 5.25. The number of nitrogens with one attached hydrogen (secondary N) is 1. The Labute approximate surface area is 108 Å². The second-order valence-corrected chi connectivity index (χ2v) is 7.80. The van der Waals surface area contributed by atoms with Crippen LogP contribution in [0.5, 0.6) is 0 Å². The summed E-state index contributed by atoms with van der Waals surface area (Å²) >= 11 is 1.70. The smallest absolute Gasteiger partial charge is 0.407 e. The number of hydrogen-bond donors (Lipinski definition) is 2. The molecule has 0 saturated carbocycles. The molecule has 0 aromatic carbocycles. The number of amides is 1. The Morgan fingerprint density at radius 3 is 2.18 bits per heavy atom. The molecule has 0 radical (unpaired) electrons. The number of aliphatic hydroxyl groups is 1. The van der Waals surface area contributed by atoms with Crippen molar-refractivity contribution in [3.05, 3.63) is 0 Å². The first kappa shape index (κ1) is 16.6. The van der Waals surface area contributed by atoms with Crippen molar-refractivity contribution in [3.8, 4) is 0 Å². The highest BCUT2D eigenvalue weighted by Gasteiger charge is 2.20. The fourth-order valence-electron chi connectivity index (χ4n) is 0.965. The second-order valence-electron chi connectivity index (χ2n) is 5.95. The van der Waals surface area contributed by atoms with Crippen LogP contribution in [0.2, 0.25) is 0 Å². The average molecular weight is 263 g/mol. The molecule has 0 aliphatic rings. The largest absolute Gasteiger partial charge is 0.444 e. The van der Waals surface area contributed by atoms with Gasteiger partial charge in [-0.25, -0.2) is 4.79 Å². The van der Waals surface area contributed by atoms with Gasteiger partial charge in [0.25, 0.3) is 0 Å². The minimum absolute atomic E-state index is 0.0810. The van der Waals surface area contributed by atoms with Crippen LogP contribution in [-0.4, -0.2) is 39.9 Å². The van der Waals surface area contributed by atoms with Gasteiger partial charge in [-0.2, -0.15) is 11.8 Å². The number of thioether (sulfide) groups is 1. The highest BCUT2D eigenvalue weighted by molar-refractivity contribution is 8.00. The van der Waals surface area contributed by atoms with Crippen molar-refractivity contribution in [2.75, 3.05) is 12.4 Å². The molecule has 1 amide bonds. The lowest BCUT2D eigenvalue weighted by Crippen LogP contribution is -2.42. The monoisotopic (exact) mass is 263 g/mol. The van der Waals surface area contributed by atoms with E-state index < -0.39 is 11.7 Å². The Kier molecular flexibility index (Phi) is 6.34. The molecule has 0 unspecified atom stereocenters. The van der Waals surface area contributed by atoms with Crippen molar-refractivity contribution in [1.29, 1.82) is 0 Å². The first-order chi connectivity index (χ1) is 7.53. The van der Waals surface area contributed by atoms with Crippen LogP contribution in [0.4, 0.5) is 4.79 Å². The molecule has 0 rings (SSSR count). The summed E-state index contributed by atoms with van der Waals surface area (Å²) in [7, 11) is 0. The Bertz CT molecular complexity index is 243. The maximum absolute atomic E-state index is 11.5. The lowest BCUT2D eigenvalue weighted by molar-refractivity contribution is 0.0491. The summed E-state index contributed by atoms with van der Waals surface area (Å²) in [6.07, 6.45) is -0.481. The minimum atomic E-state index is -0.513. The molecule has 0 aromatic rings. The number of rotatable bonds is 4. The third kappa shape index (κ3) is 10.5. The molecule has 1 atom stereocenters. The first-order valence-electron chi connectivity index (χ1n) is 5.78. The van der Waals surface area contributed by atoms with Crippen LogP contribution in [0.15, 0.2) is 0 Å². The average Bonchev–Trinajstić information content (AvgIpc) is 2.07. The van der Waals surface area contributed by atoms with Crippen LogP contribution in [0.3, 0.4) is 0 Å². The van der Waals surface area contributed by atoms with Crippen molar-refractivity contribution in [2.24, 2.45) is 0 Å². The lowest BCUT2D eigenvalue weighted by atomic mass is 10.2. The third-order valence-electron chi connectivity index (χ3n) is 1.66. The molecule has 0 spiro atoms. The SMILES string of the molecule is CC(C)(C)OC(=O)N[C@@H](CO)CSC(C)(C)C. The maximum Gasteiger partial charge on any atom is 0.407 e. The van der Waals surface area contributed by atoms with Crippen molar-refractivity contribution in [2.45, 2.75) is 57.9 Å². The van der Waals surface area contributed by atoms with Gasteiger partial charge in [0, 0.05) is 10.5 Å². The van der Waals surface area contributed by atoms with E-state index in [0.29, 0.717) is 5.75 Å². The zero-order valence-corrected chi connectivity index (χ0v) is 12.5. The zero-order valence-electron chi connectivity index (χ0n) is 11.7. The Morgan fingerprint density at radius 1 is 1.29 bits per heavy atom. The van der Waals surface area contributed by atoms with E-state index in [1.807, 2.05) is 20.8 Å². The number of ether oxygens (including phenoxy) is 1. The molecule has 0 saturated heterocycles. The van der Waals surface area contributed by atoms with Gasteiger partial charge in [-0.3, -0.25) is 0 Å². The molecular formula is C12H25NO3S. The van der Waals surface area contributed by atoms with E-state index >= 15 is 0 Å². The number of carbonyl (C=O) groups excluding carboxylic acids is 1. The van der Waals surface area contributed by atoms with E-state index in [1.165, 1.54) is 0 Å². The summed E-state index contributed by atoms with van der Waals surface area (Å²) in [5.41, 5.74) is -0.513. The van der Waals surface area contributed by atoms with Gasteiger partial charge in [0.05, 0.1) is 12.6 Å². The molecule has 4 nitrogen and oxygen atoms in total. The number of alkyl carbamates (subject to hydrolysis) is 1. The van der Waals surface area contributed by atoms with Gasteiger partial charge in [-0.15, -0.1) is 0 Å². The normalized spacial score (nSPS) is 14.3. The first-order valence-corrected chi connectivity index (χ1v) is 6.76. The van der Waals surface area contributed by atoms with E-state index in [4.69, 9.17) is 4.74 Å². The zero-order chi connectivity index (χ0) is 13.7. The van der Waals surface area contributed by atoms with E-state index in [1.54, 1.807) is 11.8 Å². The molecule has 0 fully saturated rings. The molecule has 5 heteroatoms. The molecule has 0 heterocycles. The molecular weight excluding hydrogens is 238 g/mol. The van der Waals surface area contributed by atoms with Crippen LogP contribution in [0.1, 0.15) is 41.5 Å². The predicted molar refractivity (Wildman–Crippen MR) is 72.5 cm³/mol. The number of carbonyl (C=O) groups is 1. The molecule has 2 N–H and O–H groups in total. The van der Waals surface area contributed by atoms with Gasteiger partial charge in [0.15, 0.2) is 0 Å². The van der Waals surface area contributed by atoms with Gasteiger partial charge in [0.1, 0.15) is 5.60 Å². The van der Waals surface area contributed by atoms with Gasteiger partial charge in [-0.1, -0.05) is 20.8 Å². The quantitative estimate of drug-likeness (QED) is 0.817. The van der Waals surface area contributed by atoms with Crippen LogP contribution >= 0.6 is 11.8 Å². The van der Waals surface area contributed by atoms with E-state index in [0.717, 1.165) is 0 Å². The number of aliphatic hydroxyl groups excluding tert-OH is 1.